The van der Waals surface area contributed by atoms with Gasteiger partial charge in [-0.05, 0) is 60.1 Å². The van der Waals surface area contributed by atoms with E-state index in [1.165, 1.54) is 24.1 Å². The summed E-state index contributed by atoms with van der Waals surface area (Å²) in [6.07, 6.45) is -0.614. The number of ether oxygens (including phenoxy) is 1. The van der Waals surface area contributed by atoms with Gasteiger partial charge in [0, 0.05) is 30.6 Å². The van der Waals surface area contributed by atoms with Crippen LogP contribution in [0.25, 0.3) is 0 Å². The molecule has 15 heteroatoms. The molecule has 2 aromatic carbocycles. The lowest BCUT2D eigenvalue weighted by Crippen LogP contribution is -2.57. The van der Waals surface area contributed by atoms with Gasteiger partial charge in [0.05, 0.1) is 35.6 Å². The van der Waals surface area contributed by atoms with Gasteiger partial charge < -0.3 is 25.0 Å². The smallest absolute Gasteiger partial charge is 0.324 e. The second-order valence-corrected chi connectivity index (χ2v) is 15.8. The first-order chi connectivity index (χ1) is 23.2. The Labute approximate surface area is 291 Å². The van der Waals surface area contributed by atoms with Gasteiger partial charge in [-0.1, -0.05) is 69.4 Å². The van der Waals surface area contributed by atoms with Gasteiger partial charge in [-0.25, -0.2) is 17.9 Å². The number of thiophene rings is 1. The van der Waals surface area contributed by atoms with Gasteiger partial charge in [-0.2, -0.15) is 0 Å². The van der Waals surface area contributed by atoms with Crippen molar-refractivity contribution in [2.45, 2.75) is 70.2 Å². The molecule has 3 atom stereocenters. The number of nitrogens with zero attached hydrogens (tertiary/aromatic N) is 3. The highest BCUT2D eigenvalue weighted by Crippen LogP contribution is 2.28. The Morgan fingerprint density at radius 2 is 1.78 bits per heavy atom. The van der Waals surface area contributed by atoms with Gasteiger partial charge in [-0.3, -0.25) is 14.9 Å². The van der Waals surface area contributed by atoms with Gasteiger partial charge in [0.1, 0.15) is 11.8 Å². The zero-order chi connectivity index (χ0) is 35.9. The maximum Gasteiger partial charge on any atom is 0.324 e. The van der Waals surface area contributed by atoms with Crippen LogP contribution in [0.4, 0.5) is 9.80 Å². The van der Waals surface area contributed by atoms with Crippen molar-refractivity contribution < 1.29 is 32.8 Å². The summed E-state index contributed by atoms with van der Waals surface area (Å²) < 4.78 is 34.9. The number of rotatable bonds is 17. The summed E-state index contributed by atoms with van der Waals surface area (Å²) >= 11 is 1.00. The lowest BCUT2D eigenvalue weighted by Gasteiger charge is -2.33. The van der Waals surface area contributed by atoms with Crippen molar-refractivity contribution in [3.8, 4) is 5.75 Å². The number of aliphatic hydroxyl groups excluding tert-OH is 1. The van der Waals surface area contributed by atoms with Gasteiger partial charge in [-0.15, -0.1) is 0 Å². The molecule has 1 aliphatic heterocycles. The van der Waals surface area contributed by atoms with E-state index in [-0.39, 0.29) is 53.8 Å². The van der Waals surface area contributed by atoms with Crippen LogP contribution in [-0.2, 0) is 34.2 Å². The van der Waals surface area contributed by atoms with E-state index in [0.717, 1.165) is 16.9 Å². The number of urea groups is 1. The molecule has 0 bridgehead atoms. The van der Waals surface area contributed by atoms with E-state index in [4.69, 9.17) is 4.74 Å². The Morgan fingerprint density at radius 1 is 1.06 bits per heavy atom. The van der Waals surface area contributed by atoms with Crippen molar-refractivity contribution in [3.05, 3.63) is 86.8 Å². The van der Waals surface area contributed by atoms with Crippen LogP contribution in [0.3, 0.4) is 0 Å². The fourth-order valence-electron chi connectivity index (χ4n) is 5.93. The molecule has 0 saturated carbocycles. The first-order valence-corrected chi connectivity index (χ1v) is 18.5. The summed E-state index contributed by atoms with van der Waals surface area (Å²) in [5, 5.41) is 25.4. The maximum absolute atomic E-state index is 13.9. The van der Waals surface area contributed by atoms with Gasteiger partial charge >= 0.3 is 11.0 Å². The Bertz CT molecular complexity index is 1710. The fourth-order valence-corrected chi connectivity index (χ4v) is 8.04. The summed E-state index contributed by atoms with van der Waals surface area (Å²) in [7, 11) is -2.54. The van der Waals surface area contributed by atoms with Gasteiger partial charge in [0.25, 0.3) is 0 Å². The molecule has 3 amide bonds. The number of benzene rings is 2. The maximum atomic E-state index is 13.9. The average molecular weight is 716 g/mol. The highest BCUT2D eigenvalue weighted by atomic mass is 32.2. The molecule has 266 valence electrons. The largest absolute Gasteiger partial charge is 0.497 e. The van der Waals surface area contributed by atoms with E-state index in [2.05, 4.69) is 10.0 Å². The van der Waals surface area contributed by atoms with Crippen LogP contribution in [0, 0.1) is 22.0 Å². The molecule has 0 aliphatic carbocycles. The van der Waals surface area contributed by atoms with E-state index in [0.29, 0.717) is 29.2 Å². The number of hydrogen-bond donors (Lipinski definition) is 3. The molecule has 1 aromatic heterocycles. The van der Waals surface area contributed by atoms with E-state index in [1.807, 2.05) is 58.0 Å². The zero-order valence-corrected chi connectivity index (χ0v) is 30.0. The average Bonchev–Trinajstić information content (AvgIpc) is 3.66. The minimum absolute atomic E-state index is 0.0109. The van der Waals surface area contributed by atoms with Gasteiger partial charge in [0.2, 0.25) is 15.9 Å². The lowest BCUT2D eigenvalue weighted by atomic mass is 9.98. The molecule has 0 spiro atoms. The summed E-state index contributed by atoms with van der Waals surface area (Å²) in [4.78, 5) is 41.9. The topological polar surface area (TPSA) is 171 Å². The Kier molecular flexibility index (Phi) is 12.8. The number of methoxy groups -OCH3 is 1. The van der Waals surface area contributed by atoms with Crippen molar-refractivity contribution >= 4 is 38.3 Å². The van der Waals surface area contributed by atoms with Crippen LogP contribution in [0.15, 0.2) is 65.6 Å². The summed E-state index contributed by atoms with van der Waals surface area (Å²) in [6, 6.07) is 14.8. The Hall–Kier alpha value is -4.05. The molecular weight excluding hydrogens is 671 g/mol. The van der Waals surface area contributed by atoms with Crippen LogP contribution < -0.4 is 14.8 Å². The Morgan fingerprint density at radius 3 is 2.39 bits per heavy atom. The SMILES string of the molecule is COc1ccc(S(=O)(=O)NC[C@@H](O)[C@H](Cc2ccccc2)NC(=O)[C@H](C(C)C)N2CCN(Cc3ccc([N+](=O)[O-])s3)C2=O)c(CC(C)C)c1. The number of nitrogens with one attached hydrogen (secondary N) is 2. The van der Waals surface area contributed by atoms with Crippen LogP contribution in [0.5, 0.6) is 5.75 Å². The van der Waals surface area contributed by atoms with Crippen molar-refractivity contribution in [3.63, 3.8) is 0 Å². The fraction of sp³-hybridized carbons (Fsp3) is 0.471. The molecule has 13 nitrogen and oxygen atoms in total. The second-order valence-electron chi connectivity index (χ2n) is 12.9. The van der Waals surface area contributed by atoms with Crippen LogP contribution in [0.1, 0.15) is 43.7 Å². The molecule has 0 radical (unpaired) electrons. The third kappa shape index (κ3) is 9.78. The number of carbonyl (C=O) groups is 2. The molecular formula is C34H45N5O8S2. The first-order valence-electron chi connectivity index (χ1n) is 16.2. The highest BCUT2D eigenvalue weighted by molar-refractivity contribution is 7.89. The molecule has 3 aromatic rings. The number of aliphatic hydroxyl groups is 1. The zero-order valence-electron chi connectivity index (χ0n) is 28.4. The van der Waals surface area contributed by atoms with Crippen molar-refractivity contribution in [1.82, 2.24) is 19.8 Å². The summed E-state index contributed by atoms with van der Waals surface area (Å²) in [5.41, 5.74) is 1.41. The minimum Gasteiger partial charge on any atom is -0.497 e. The van der Waals surface area contributed by atoms with E-state index in [1.54, 1.807) is 23.1 Å². The van der Waals surface area contributed by atoms with E-state index >= 15 is 0 Å². The molecule has 1 fully saturated rings. The summed E-state index contributed by atoms with van der Waals surface area (Å²) in [5.74, 6) is -0.0591. The molecule has 1 aliphatic rings. The van der Waals surface area contributed by atoms with Gasteiger partial charge in [0.15, 0.2) is 0 Å². The van der Waals surface area contributed by atoms with Crippen LogP contribution in [0.2, 0.25) is 0 Å². The number of sulfonamides is 1. The number of hydrogen-bond acceptors (Lipinski definition) is 9. The number of nitro groups is 1. The highest BCUT2D eigenvalue weighted by Gasteiger charge is 2.40. The second kappa shape index (κ2) is 16.6. The normalized spacial score (nSPS) is 15.5. The van der Waals surface area contributed by atoms with Crippen LogP contribution in [-0.4, -0.2) is 85.1 Å². The monoisotopic (exact) mass is 715 g/mol. The number of amides is 3. The number of carbonyl (C=O) groups excluding carboxylic acids is 2. The Balaban J connectivity index is 1.51. The predicted molar refractivity (Wildman–Crippen MR) is 187 cm³/mol. The van der Waals surface area contributed by atoms with Crippen molar-refractivity contribution in [2.24, 2.45) is 11.8 Å². The minimum atomic E-state index is -4.05. The lowest BCUT2D eigenvalue weighted by molar-refractivity contribution is -0.380. The molecule has 4 rings (SSSR count). The van der Waals surface area contributed by atoms with Crippen LogP contribution >= 0.6 is 11.3 Å². The third-order valence-electron chi connectivity index (χ3n) is 8.30. The predicted octanol–water partition coefficient (Wildman–Crippen LogP) is 4.19. The van der Waals surface area contributed by atoms with Crippen molar-refractivity contribution in [1.29, 1.82) is 0 Å². The standard InChI is InChI=1S/C34H45N5O8S2/c1-22(2)17-25-19-26(47-5)11-13-30(25)49(45,46)35-20-29(40)28(18-24-9-7-6-8-10-24)36-33(41)32(23(3)4)38-16-15-37(34(38)42)21-27-12-14-31(48-27)39(43)44/h6-14,19,22-23,28-29,32,35,40H,15-18,20-21H2,1-5H3,(H,36,41)/t28-,29+,32-/m0/s1. The first kappa shape index (κ1) is 37.8. The van der Waals surface area contributed by atoms with E-state index < -0.39 is 39.0 Å². The quantitative estimate of drug-likeness (QED) is 0.138. The molecule has 3 N–H and O–H groups in total. The molecule has 2 heterocycles. The third-order valence-corrected chi connectivity index (χ3v) is 10.8. The molecule has 49 heavy (non-hydrogen) atoms. The molecule has 1 saturated heterocycles. The summed E-state index contributed by atoms with van der Waals surface area (Å²) in [6.45, 7) is 8.04. The van der Waals surface area contributed by atoms with E-state index in [9.17, 15) is 33.2 Å². The van der Waals surface area contributed by atoms with Crippen molar-refractivity contribution in [2.75, 3.05) is 26.7 Å². The molecule has 0 unspecified atom stereocenters.